The molecule has 0 radical (unpaired) electrons. The smallest absolute Gasteiger partial charge is 0.230 e. The molecule has 0 saturated carbocycles. The number of rotatable bonds is 6. The van der Waals surface area contributed by atoms with Gasteiger partial charge in [-0.3, -0.25) is 4.79 Å². The first-order valence-electron chi connectivity index (χ1n) is 8.37. The van der Waals surface area contributed by atoms with Gasteiger partial charge in [0.05, 0.1) is 6.42 Å². The van der Waals surface area contributed by atoms with Gasteiger partial charge >= 0.3 is 0 Å². The second kappa shape index (κ2) is 8.47. The summed E-state index contributed by atoms with van der Waals surface area (Å²) < 4.78 is 0.854. The molecule has 26 heavy (non-hydrogen) atoms. The summed E-state index contributed by atoms with van der Waals surface area (Å²) in [6.07, 6.45) is 0.340. The van der Waals surface area contributed by atoms with Gasteiger partial charge in [-0.05, 0) is 43.0 Å². The Morgan fingerprint density at radius 1 is 1.00 bits per heavy atom. The highest BCUT2D eigenvalue weighted by molar-refractivity contribution is 8.00. The number of carbonyl (C=O) groups is 1. The van der Waals surface area contributed by atoms with Gasteiger partial charge in [0.1, 0.15) is 0 Å². The van der Waals surface area contributed by atoms with Crippen molar-refractivity contribution in [3.8, 4) is 0 Å². The van der Waals surface area contributed by atoms with Gasteiger partial charge < -0.3 is 5.32 Å². The first kappa shape index (κ1) is 18.6. The van der Waals surface area contributed by atoms with Crippen LogP contribution >= 0.6 is 23.1 Å². The lowest BCUT2D eigenvalue weighted by atomic mass is 10.0. The molecule has 0 bridgehead atoms. The van der Waals surface area contributed by atoms with E-state index < -0.39 is 0 Å². The maximum absolute atomic E-state index is 12.2. The summed E-state index contributed by atoms with van der Waals surface area (Å²) in [5, 5.41) is 11.6. The van der Waals surface area contributed by atoms with E-state index in [2.05, 4.69) is 66.6 Å². The van der Waals surface area contributed by atoms with Crippen LogP contribution in [0.25, 0.3) is 0 Å². The molecule has 3 aromatic rings. The first-order valence-corrected chi connectivity index (χ1v) is 10.2. The maximum atomic E-state index is 12.2. The topological polar surface area (TPSA) is 54.9 Å². The van der Waals surface area contributed by atoms with Gasteiger partial charge in [-0.1, -0.05) is 71.1 Å². The summed E-state index contributed by atoms with van der Waals surface area (Å²) in [6.45, 7) is 6.20. The van der Waals surface area contributed by atoms with Gasteiger partial charge in [-0.25, -0.2) is 0 Å². The fourth-order valence-electron chi connectivity index (χ4n) is 2.41. The van der Waals surface area contributed by atoms with Crippen LogP contribution in [-0.2, 0) is 17.0 Å². The molecule has 1 amide bonds. The molecule has 134 valence electrons. The zero-order chi connectivity index (χ0) is 18.5. The van der Waals surface area contributed by atoms with Crippen molar-refractivity contribution in [3.05, 3.63) is 70.3 Å². The van der Waals surface area contributed by atoms with Gasteiger partial charge in [0.15, 0.2) is 4.34 Å². The molecule has 0 aliphatic heterocycles. The number of nitrogens with zero attached hydrogens (tertiary/aromatic N) is 2. The van der Waals surface area contributed by atoms with E-state index in [0.29, 0.717) is 11.6 Å². The highest BCUT2D eigenvalue weighted by Gasteiger charge is 2.10. The summed E-state index contributed by atoms with van der Waals surface area (Å²) in [5.41, 5.74) is 5.93. The van der Waals surface area contributed by atoms with Crippen molar-refractivity contribution in [2.75, 3.05) is 5.32 Å². The monoisotopic (exact) mass is 383 g/mol. The van der Waals surface area contributed by atoms with E-state index in [9.17, 15) is 4.79 Å². The second-order valence-electron chi connectivity index (χ2n) is 6.29. The third-order valence-electron chi connectivity index (χ3n) is 4.07. The Morgan fingerprint density at radius 3 is 2.46 bits per heavy atom. The zero-order valence-electron chi connectivity index (χ0n) is 15.1. The molecule has 0 aliphatic rings. The molecule has 1 aromatic heterocycles. The van der Waals surface area contributed by atoms with Crippen molar-refractivity contribution in [1.82, 2.24) is 10.2 Å². The minimum atomic E-state index is -0.0699. The molecule has 2 aromatic carbocycles. The molecule has 1 N–H and O–H groups in total. The Morgan fingerprint density at radius 2 is 1.73 bits per heavy atom. The van der Waals surface area contributed by atoms with Gasteiger partial charge in [0.2, 0.25) is 11.0 Å². The number of hydrogen-bond donors (Lipinski definition) is 1. The Hall–Kier alpha value is -2.18. The molecular weight excluding hydrogens is 362 g/mol. The highest BCUT2D eigenvalue weighted by atomic mass is 32.2. The van der Waals surface area contributed by atoms with Crippen molar-refractivity contribution in [2.45, 2.75) is 37.3 Å². The fraction of sp³-hybridized carbons (Fsp3) is 0.250. The van der Waals surface area contributed by atoms with Crippen molar-refractivity contribution < 1.29 is 4.79 Å². The Bertz CT molecular complexity index is 904. The summed E-state index contributed by atoms with van der Waals surface area (Å²) in [6, 6.07) is 14.5. The lowest BCUT2D eigenvalue weighted by molar-refractivity contribution is -0.115. The average Bonchev–Trinajstić information content (AvgIpc) is 3.05. The number of aryl methyl sites for hydroxylation is 3. The maximum Gasteiger partial charge on any atom is 0.230 e. The SMILES string of the molecule is Cc1ccc(CSc2nnc(NC(=O)Cc3ccc(C)c(C)c3)s2)cc1. The molecule has 0 spiro atoms. The molecule has 6 heteroatoms. The highest BCUT2D eigenvalue weighted by Crippen LogP contribution is 2.28. The Balaban J connectivity index is 1.53. The van der Waals surface area contributed by atoms with Crippen LogP contribution in [0, 0.1) is 20.8 Å². The van der Waals surface area contributed by atoms with Gasteiger partial charge in [-0.15, -0.1) is 10.2 Å². The van der Waals surface area contributed by atoms with Crippen LogP contribution in [0.1, 0.15) is 27.8 Å². The van der Waals surface area contributed by atoms with Crippen molar-refractivity contribution in [3.63, 3.8) is 0 Å². The fourth-order valence-corrected chi connectivity index (χ4v) is 4.13. The van der Waals surface area contributed by atoms with Gasteiger partial charge in [0.25, 0.3) is 0 Å². The van der Waals surface area contributed by atoms with E-state index in [1.165, 1.54) is 33.6 Å². The van der Waals surface area contributed by atoms with E-state index in [1.54, 1.807) is 11.8 Å². The van der Waals surface area contributed by atoms with Crippen molar-refractivity contribution >= 4 is 34.1 Å². The minimum absolute atomic E-state index is 0.0699. The lowest BCUT2D eigenvalue weighted by Gasteiger charge is -2.05. The number of nitrogens with one attached hydrogen (secondary N) is 1. The molecule has 0 atom stereocenters. The zero-order valence-corrected chi connectivity index (χ0v) is 16.7. The normalized spacial score (nSPS) is 10.7. The van der Waals surface area contributed by atoms with Crippen LogP contribution in [-0.4, -0.2) is 16.1 Å². The minimum Gasteiger partial charge on any atom is -0.300 e. The van der Waals surface area contributed by atoms with Crippen LogP contribution in [0.4, 0.5) is 5.13 Å². The Kier molecular flexibility index (Phi) is 6.06. The first-order chi connectivity index (χ1) is 12.5. The predicted molar refractivity (Wildman–Crippen MR) is 109 cm³/mol. The molecular formula is C20H21N3OS2. The third-order valence-corrected chi connectivity index (χ3v) is 6.11. The van der Waals surface area contributed by atoms with Crippen LogP contribution in [0.15, 0.2) is 46.8 Å². The molecule has 0 aliphatic carbocycles. The number of benzene rings is 2. The predicted octanol–water partition coefficient (Wildman–Crippen LogP) is 4.94. The summed E-state index contributed by atoms with van der Waals surface area (Å²) in [7, 11) is 0. The van der Waals surface area contributed by atoms with E-state index >= 15 is 0 Å². The van der Waals surface area contributed by atoms with Crippen LogP contribution in [0.5, 0.6) is 0 Å². The summed E-state index contributed by atoms with van der Waals surface area (Å²) in [5.74, 6) is 0.769. The summed E-state index contributed by atoms with van der Waals surface area (Å²) >= 11 is 3.04. The molecule has 0 unspecified atom stereocenters. The number of aromatic nitrogens is 2. The van der Waals surface area contributed by atoms with Crippen molar-refractivity contribution in [2.24, 2.45) is 0 Å². The third kappa shape index (κ3) is 5.16. The molecule has 4 nitrogen and oxygen atoms in total. The second-order valence-corrected chi connectivity index (χ2v) is 8.49. The molecule has 0 saturated heterocycles. The Labute approximate surface area is 162 Å². The number of amides is 1. The standard InChI is InChI=1S/C20H21N3OS2/c1-13-4-7-16(8-5-13)12-25-20-23-22-19(26-20)21-18(24)11-17-9-6-14(2)15(3)10-17/h4-10H,11-12H2,1-3H3,(H,21,22,24). The summed E-state index contributed by atoms with van der Waals surface area (Å²) in [4.78, 5) is 12.2. The van der Waals surface area contributed by atoms with Gasteiger partial charge in [-0.2, -0.15) is 0 Å². The average molecular weight is 384 g/mol. The number of hydrogen-bond acceptors (Lipinski definition) is 5. The van der Waals surface area contributed by atoms with E-state index in [4.69, 9.17) is 0 Å². The number of thioether (sulfide) groups is 1. The molecule has 3 rings (SSSR count). The van der Waals surface area contributed by atoms with Crippen molar-refractivity contribution in [1.29, 1.82) is 0 Å². The molecule has 0 fully saturated rings. The number of anilines is 1. The van der Waals surface area contributed by atoms with Gasteiger partial charge in [0, 0.05) is 5.75 Å². The van der Waals surface area contributed by atoms with Crippen LogP contribution < -0.4 is 5.32 Å². The van der Waals surface area contributed by atoms with E-state index in [0.717, 1.165) is 15.7 Å². The molecule has 1 heterocycles. The van der Waals surface area contributed by atoms with Crippen LogP contribution in [0.3, 0.4) is 0 Å². The van der Waals surface area contributed by atoms with E-state index in [1.807, 2.05) is 12.1 Å². The van der Waals surface area contributed by atoms with E-state index in [-0.39, 0.29) is 5.91 Å². The van der Waals surface area contributed by atoms with Crippen LogP contribution in [0.2, 0.25) is 0 Å². The largest absolute Gasteiger partial charge is 0.300 e. The lowest BCUT2D eigenvalue weighted by Crippen LogP contribution is -2.14. The number of carbonyl (C=O) groups excluding carboxylic acids is 1. The quantitative estimate of drug-likeness (QED) is 0.484.